The molecule has 0 aliphatic heterocycles. The summed E-state index contributed by atoms with van der Waals surface area (Å²) >= 11 is 0. The third-order valence-electron chi connectivity index (χ3n) is 4.22. The monoisotopic (exact) mass is 309 g/mol. The molecule has 1 aromatic rings. The van der Waals surface area contributed by atoms with E-state index in [0.29, 0.717) is 12.3 Å². The summed E-state index contributed by atoms with van der Waals surface area (Å²) in [4.78, 5) is 12.3. The highest BCUT2D eigenvalue weighted by Gasteiger charge is 2.26. The van der Waals surface area contributed by atoms with Gasteiger partial charge in [0.2, 0.25) is 0 Å². The number of carbonyl (C=O) groups is 1. The van der Waals surface area contributed by atoms with Gasteiger partial charge in [-0.3, -0.25) is 4.79 Å². The van der Waals surface area contributed by atoms with Crippen LogP contribution in [-0.4, -0.2) is 29.8 Å². The lowest BCUT2D eigenvalue weighted by molar-refractivity contribution is -0.129. The minimum absolute atomic E-state index is 0.105. The Balaban J connectivity index is 1.88. The molecule has 1 atom stereocenters. The number of carbonyl (C=O) groups excluding carboxylic acids is 1. The summed E-state index contributed by atoms with van der Waals surface area (Å²) in [6, 6.07) is 6.23. The molecule has 0 aromatic heterocycles. The van der Waals surface area contributed by atoms with Crippen LogP contribution in [0.3, 0.4) is 0 Å². The van der Waals surface area contributed by atoms with E-state index in [1.165, 1.54) is 12.1 Å². The first kappa shape index (κ1) is 16.7. The SMILES string of the molecule is CCC(Oc1ccccc1F)C(=O)NC1CCC(CO)CC1. The van der Waals surface area contributed by atoms with Gasteiger partial charge in [0, 0.05) is 12.6 Å². The van der Waals surface area contributed by atoms with Gasteiger partial charge in [-0.25, -0.2) is 4.39 Å². The predicted octanol–water partition coefficient (Wildman–Crippen LogP) is 2.65. The van der Waals surface area contributed by atoms with Crippen molar-refractivity contribution in [3.8, 4) is 5.75 Å². The lowest BCUT2D eigenvalue weighted by atomic mass is 9.86. The van der Waals surface area contributed by atoms with Crippen LogP contribution in [0, 0.1) is 11.7 Å². The molecule has 2 rings (SSSR count). The van der Waals surface area contributed by atoms with Gasteiger partial charge in [-0.05, 0) is 50.2 Å². The second-order valence-corrected chi connectivity index (χ2v) is 5.85. The lowest BCUT2D eigenvalue weighted by Gasteiger charge is -2.29. The second kappa shape index (κ2) is 8.13. The topological polar surface area (TPSA) is 58.6 Å². The number of nitrogens with one attached hydrogen (secondary N) is 1. The van der Waals surface area contributed by atoms with Crippen molar-refractivity contribution >= 4 is 5.91 Å². The molecule has 2 N–H and O–H groups in total. The Labute approximate surface area is 130 Å². The maximum atomic E-state index is 13.6. The summed E-state index contributed by atoms with van der Waals surface area (Å²) in [5.74, 6) is -0.200. The second-order valence-electron chi connectivity index (χ2n) is 5.85. The van der Waals surface area contributed by atoms with Gasteiger partial charge in [0.1, 0.15) is 0 Å². The van der Waals surface area contributed by atoms with Gasteiger partial charge < -0.3 is 15.2 Å². The molecule has 0 radical (unpaired) electrons. The number of hydrogen-bond acceptors (Lipinski definition) is 3. The van der Waals surface area contributed by atoms with E-state index in [-0.39, 0.29) is 24.3 Å². The van der Waals surface area contributed by atoms with E-state index < -0.39 is 11.9 Å². The summed E-state index contributed by atoms with van der Waals surface area (Å²) in [6.45, 7) is 2.06. The molecule has 1 fully saturated rings. The van der Waals surface area contributed by atoms with Crippen molar-refractivity contribution < 1.29 is 19.0 Å². The first-order valence-electron chi connectivity index (χ1n) is 7.96. The molecular weight excluding hydrogens is 285 g/mol. The zero-order valence-electron chi connectivity index (χ0n) is 12.9. The molecule has 0 heterocycles. The van der Waals surface area contributed by atoms with Crippen LogP contribution in [0.4, 0.5) is 4.39 Å². The highest BCUT2D eigenvalue weighted by molar-refractivity contribution is 5.81. The minimum Gasteiger partial charge on any atom is -0.478 e. The molecule has 22 heavy (non-hydrogen) atoms. The quantitative estimate of drug-likeness (QED) is 0.849. The number of aliphatic hydroxyl groups excluding tert-OH is 1. The zero-order chi connectivity index (χ0) is 15.9. The highest BCUT2D eigenvalue weighted by Crippen LogP contribution is 2.24. The molecule has 1 aromatic carbocycles. The lowest BCUT2D eigenvalue weighted by Crippen LogP contribution is -2.45. The maximum Gasteiger partial charge on any atom is 0.261 e. The van der Waals surface area contributed by atoms with Crippen molar-refractivity contribution in [2.24, 2.45) is 5.92 Å². The molecule has 1 amide bonds. The van der Waals surface area contributed by atoms with Crippen LogP contribution in [0.2, 0.25) is 0 Å². The zero-order valence-corrected chi connectivity index (χ0v) is 12.9. The molecular formula is C17H24FNO3. The smallest absolute Gasteiger partial charge is 0.261 e. The van der Waals surface area contributed by atoms with E-state index in [0.717, 1.165) is 25.7 Å². The van der Waals surface area contributed by atoms with Crippen LogP contribution < -0.4 is 10.1 Å². The Morgan fingerprint density at radius 1 is 1.36 bits per heavy atom. The number of benzene rings is 1. The fourth-order valence-corrected chi connectivity index (χ4v) is 2.80. The molecule has 4 nitrogen and oxygen atoms in total. The number of aliphatic hydroxyl groups is 1. The largest absolute Gasteiger partial charge is 0.478 e. The number of para-hydroxylation sites is 1. The van der Waals surface area contributed by atoms with E-state index >= 15 is 0 Å². The fraction of sp³-hybridized carbons (Fsp3) is 0.588. The van der Waals surface area contributed by atoms with Gasteiger partial charge >= 0.3 is 0 Å². The minimum atomic E-state index is -0.688. The summed E-state index contributed by atoms with van der Waals surface area (Å²) in [5, 5.41) is 12.1. The molecule has 0 saturated heterocycles. The van der Waals surface area contributed by atoms with Crippen molar-refractivity contribution in [2.45, 2.75) is 51.2 Å². The Kier molecular flexibility index (Phi) is 6.19. The van der Waals surface area contributed by atoms with Crippen LogP contribution in [0.15, 0.2) is 24.3 Å². The normalized spacial score (nSPS) is 22.9. The van der Waals surface area contributed by atoms with Crippen molar-refractivity contribution in [1.29, 1.82) is 0 Å². The van der Waals surface area contributed by atoms with Crippen molar-refractivity contribution in [3.05, 3.63) is 30.1 Å². The van der Waals surface area contributed by atoms with Crippen molar-refractivity contribution in [3.63, 3.8) is 0 Å². The first-order valence-corrected chi connectivity index (χ1v) is 7.96. The first-order chi connectivity index (χ1) is 10.6. The van der Waals surface area contributed by atoms with Gasteiger partial charge in [0.15, 0.2) is 17.7 Å². The molecule has 0 spiro atoms. The van der Waals surface area contributed by atoms with Gasteiger partial charge in [-0.15, -0.1) is 0 Å². The van der Waals surface area contributed by atoms with Crippen LogP contribution >= 0.6 is 0 Å². The summed E-state index contributed by atoms with van der Waals surface area (Å²) in [5.41, 5.74) is 0. The van der Waals surface area contributed by atoms with Crippen LogP contribution in [0.5, 0.6) is 5.75 Å². The molecule has 1 saturated carbocycles. The molecule has 1 unspecified atom stereocenters. The molecule has 1 aliphatic carbocycles. The van der Waals surface area contributed by atoms with E-state index in [1.807, 2.05) is 6.92 Å². The summed E-state index contributed by atoms with van der Waals surface area (Å²) in [7, 11) is 0. The average molecular weight is 309 g/mol. The third-order valence-corrected chi connectivity index (χ3v) is 4.22. The predicted molar refractivity (Wildman–Crippen MR) is 82.1 cm³/mol. The van der Waals surface area contributed by atoms with E-state index in [2.05, 4.69) is 5.32 Å². The number of amides is 1. The Hall–Kier alpha value is -1.62. The van der Waals surface area contributed by atoms with Gasteiger partial charge in [0.25, 0.3) is 5.91 Å². The molecule has 1 aliphatic rings. The number of rotatable bonds is 6. The molecule has 122 valence electrons. The summed E-state index contributed by atoms with van der Waals surface area (Å²) in [6.07, 6.45) is 3.37. The van der Waals surface area contributed by atoms with Crippen molar-refractivity contribution in [2.75, 3.05) is 6.61 Å². The number of ether oxygens (including phenoxy) is 1. The molecule has 0 bridgehead atoms. The van der Waals surface area contributed by atoms with Gasteiger partial charge in [-0.1, -0.05) is 19.1 Å². The van der Waals surface area contributed by atoms with E-state index in [4.69, 9.17) is 9.84 Å². The third kappa shape index (κ3) is 4.44. The van der Waals surface area contributed by atoms with Crippen LogP contribution in [-0.2, 0) is 4.79 Å². The average Bonchev–Trinajstić information content (AvgIpc) is 2.54. The number of hydrogen-bond donors (Lipinski definition) is 2. The van der Waals surface area contributed by atoms with E-state index in [9.17, 15) is 9.18 Å². The van der Waals surface area contributed by atoms with E-state index in [1.54, 1.807) is 12.1 Å². The Bertz CT molecular complexity index is 487. The highest BCUT2D eigenvalue weighted by atomic mass is 19.1. The van der Waals surface area contributed by atoms with Gasteiger partial charge in [0.05, 0.1) is 0 Å². The Morgan fingerprint density at radius 2 is 2.05 bits per heavy atom. The molecule has 5 heteroatoms. The van der Waals surface area contributed by atoms with Crippen LogP contribution in [0.25, 0.3) is 0 Å². The van der Waals surface area contributed by atoms with Gasteiger partial charge in [-0.2, -0.15) is 0 Å². The maximum absolute atomic E-state index is 13.6. The standard InChI is InChI=1S/C17H24FNO3/c1-2-15(22-16-6-4-3-5-14(16)18)17(21)19-13-9-7-12(11-20)8-10-13/h3-6,12-13,15,20H,2,7-11H2,1H3,(H,19,21). The summed E-state index contributed by atoms with van der Waals surface area (Å²) < 4.78 is 19.1. The van der Waals surface area contributed by atoms with Crippen LogP contribution in [0.1, 0.15) is 39.0 Å². The fourth-order valence-electron chi connectivity index (χ4n) is 2.80. The number of halogens is 1. The Morgan fingerprint density at radius 3 is 2.64 bits per heavy atom. The van der Waals surface area contributed by atoms with Crippen molar-refractivity contribution in [1.82, 2.24) is 5.32 Å².